The average Bonchev–Trinajstić information content (AvgIpc) is 2.71. The van der Waals surface area contributed by atoms with Crippen LogP contribution < -0.4 is 12.5 Å². The summed E-state index contributed by atoms with van der Waals surface area (Å²) in [6, 6.07) is 37.6. The molecule has 6 aromatic carbocycles. The van der Waals surface area contributed by atoms with Gasteiger partial charge in [0.1, 0.15) is 27.0 Å². The van der Waals surface area contributed by atoms with E-state index in [-0.39, 0.29) is 44.3 Å². The molecule has 0 bridgehead atoms. The fraction of sp³-hybridized carbons (Fsp3) is 0.246. The van der Waals surface area contributed by atoms with Crippen LogP contribution in [0.1, 0.15) is 89.6 Å². The van der Waals surface area contributed by atoms with Crippen molar-refractivity contribution >= 4 is 60.4 Å². The Kier molecular flexibility index (Phi) is 15.9. The molecule has 4 aliphatic rings. The van der Waals surface area contributed by atoms with Gasteiger partial charge in [-0.15, -0.1) is 0 Å². The molecule has 0 N–H and O–H groups in total. The molecule has 15 nitrogen and oxygen atoms in total. The van der Waals surface area contributed by atoms with Gasteiger partial charge in [0.05, 0.1) is 44.0 Å². The van der Waals surface area contributed by atoms with Crippen LogP contribution >= 0.6 is 0 Å². The number of methoxy groups -OCH3 is 3. The molecular formula is C65H60O15S3. The fourth-order valence-electron chi connectivity index (χ4n) is 11.6. The van der Waals surface area contributed by atoms with Gasteiger partial charge in [-0.2, -0.15) is 25.3 Å². The van der Waals surface area contributed by atoms with E-state index in [1.165, 1.54) is 39.5 Å². The van der Waals surface area contributed by atoms with Gasteiger partial charge in [-0.05, 0) is 125 Å². The van der Waals surface area contributed by atoms with Crippen molar-refractivity contribution < 1.29 is 66.4 Å². The van der Waals surface area contributed by atoms with Crippen LogP contribution in [0.3, 0.4) is 0 Å². The monoisotopic (exact) mass is 1180 g/mol. The molecule has 0 aliphatic heterocycles. The first-order chi connectivity index (χ1) is 39.6. The molecule has 83 heavy (non-hydrogen) atoms. The van der Waals surface area contributed by atoms with Gasteiger partial charge in [-0.3, -0.25) is 14.4 Å². The number of esters is 3. The highest BCUT2D eigenvalue weighted by atomic mass is 32.2. The molecule has 0 saturated carbocycles. The molecule has 0 radical (unpaired) electrons. The van der Waals surface area contributed by atoms with Crippen molar-refractivity contribution in [2.75, 3.05) is 21.3 Å². The van der Waals surface area contributed by atoms with Gasteiger partial charge in [-0.1, -0.05) is 147 Å². The fourth-order valence-corrected chi connectivity index (χ4v) is 15.3. The van der Waals surface area contributed by atoms with E-state index in [2.05, 4.69) is 0 Å². The average molecular weight is 1180 g/mol. The van der Waals surface area contributed by atoms with Crippen LogP contribution in [0.25, 0.3) is 12.2 Å². The smallest absolute Gasteiger partial charge is 0.339 e. The minimum Gasteiger partial charge on any atom is -0.469 e. The zero-order chi connectivity index (χ0) is 59.1. The van der Waals surface area contributed by atoms with Crippen molar-refractivity contribution in [2.24, 2.45) is 23.7 Å². The summed E-state index contributed by atoms with van der Waals surface area (Å²) in [5.74, 6) is -4.24. The maximum absolute atomic E-state index is 14.1. The summed E-state index contributed by atoms with van der Waals surface area (Å²) in [6.07, 6.45) is 16.3. The number of ether oxygens (including phenoxy) is 3. The number of allylic oxidation sites excluding steroid dienone is 7. The van der Waals surface area contributed by atoms with Crippen LogP contribution in [0.15, 0.2) is 191 Å². The summed E-state index contributed by atoms with van der Waals surface area (Å²) in [7, 11) is -9.27. The van der Waals surface area contributed by atoms with E-state index in [1.54, 1.807) is 115 Å². The van der Waals surface area contributed by atoms with E-state index in [0.29, 0.717) is 46.2 Å². The van der Waals surface area contributed by atoms with Gasteiger partial charge in [0.15, 0.2) is 0 Å². The molecule has 0 spiro atoms. The van der Waals surface area contributed by atoms with E-state index >= 15 is 0 Å². The molecule has 0 saturated heterocycles. The van der Waals surface area contributed by atoms with E-state index in [0.717, 1.165) is 16.7 Å². The molecule has 0 fully saturated rings. The van der Waals surface area contributed by atoms with Crippen LogP contribution in [0.2, 0.25) is 0 Å². The zero-order valence-electron chi connectivity index (χ0n) is 46.3. The van der Waals surface area contributed by atoms with Gasteiger partial charge in [-0.25, -0.2) is 0 Å². The van der Waals surface area contributed by atoms with Gasteiger partial charge in [0.2, 0.25) is 0 Å². The van der Waals surface area contributed by atoms with Crippen molar-refractivity contribution in [2.45, 2.75) is 66.6 Å². The second-order valence-electron chi connectivity index (χ2n) is 21.4. The first-order valence-corrected chi connectivity index (χ1v) is 31.0. The van der Waals surface area contributed by atoms with E-state index in [4.69, 9.17) is 26.8 Å². The van der Waals surface area contributed by atoms with Crippen LogP contribution in [-0.4, -0.2) is 64.5 Å². The highest BCUT2D eigenvalue weighted by Crippen LogP contribution is 2.45. The third-order valence-electron chi connectivity index (χ3n) is 16.3. The van der Waals surface area contributed by atoms with Crippen molar-refractivity contribution in [3.05, 3.63) is 231 Å². The van der Waals surface area contributed by atoms with Crippen LogP contribution in [0.4, 0.5) is 0 Å². The van der Waals surface area contributed by atoms with Gasteiger partial charge in [0.25, 0.3) is 0 Å². The van der Waals surface area contributed by atoms with Crippen LogP contribution in [0.5, 0.6) is 17.2 Å². The molecular weight excluding hydrogens is 1120 g/mol. The molecule has 4 aliphatic carbocycles. The lowest BCUT2D eigenvalue weighted by atomic mass is 9.70. The van der Waals surface area contributed by atoms with Gasteiger partial charge >= 0.3 is 48.3 Å². The number of benzene rings is 6. The highest BCUT2D eigenvalue weighted by molar-refractivity contribution is 7.91. The Labute approximate surface area is 483 Å². The summed E-state index contributed by atoms with van der Waals surface area (Å²) in [5, 5.41) is 0. The molecule has 18 heteroatoms. The van der Waals surface area contributed by atoms with E-state index < -0.39 is 82.8 Å². The Hall–Kier alpha value is -8.32. The Morgan fingerprint density at radius 2 is 0.988 bits per heavy atom. The molecule has 10 rings (SSSR count). The first-order valence-electron chi connectivity index (χ1n) is 26.7. The topological polar surface area (TPSA) is 209 Å². The van der Waals surface area contributed by atoms with Crippen LogP contribution in [-0.2, 0) is 76.2 Å². The second kappa shape index (κ2) is 22.8. The van der Waals surface area contributed by atoms with E-state index in [1.807, 2.05) is 75.4 Å². The Morgan fingerprint density at radius 3 is 1.54 bits per heavy atom. The minimum absolute atomic E-state index is 0.0197. The van der Waals surface area contributed by atoms with Gasteiger partial charge in [0, 0.05) is 28.2 Å². The summed E-state index contributed by atoms with van der Waals surface area (Å²) in [4.78, 5) is 37.6. The lowest BCUT2D eigenvalue weighted by Crippen LogP contribution is -2.36. The molecule has 6 atom stereocenters. The first kappa shape index (κ1) is 57.9. The van der Waals surface area contributed by atoms with Crippen molar-refractivity contribution in [1.29, 1.82) is 0 Å². The van der Waals surface area contributed by atoms with Crippen molar-refractivity contribution in [1.82, 2.24) is 0 Å². The summed E-state index contributed by atoms with van der Waals surface area (Å²) in [6.45, 7) is 6.07. The summed E-state index contributed by atoms with van der Waals surface area (Å²) < 4.78 is 116. The maximum atomic E-state index is 14.1. The lowest BCUT2D eigenvalue weighted by Gasteiger charge is -2.34. The molecule has 0 unspecified atom stereocenters. The number of rotatable bonds is 17. The third kappa shape index (κ3) is 11.2. The van der Waals surface area contributed by atoms with Crippen molar-refractivity contribution in [3.63, 3.8) is 0 Å². The summed E-state index contributed by atoms with van der Waals surface area (Å²) >= 11 is 0. The molecule has 6 aromatic rings. The number of fused-ring (bicyclic) bond motifs is 3. The highest BCUT2D eigenvalue weighted by Gasteiger charge is 2.44. The Bertz CT molecular complexity index is 4030. The van der Waals surface area contributed by atoms with Crippen molar-refractivity contribution in [3.8, 4) is 17.2 Å². The number of carbonyl (C=O) groups is 3. The molecule has 0 aromatic heterocycles. The SMILES string of the molecule is COC(=O)[C@@H]1C=Cc2c(cccc2S(=O)(=O)Oc2ccc(C(C)(C)c3ccc([C@](C)(c4ccc(OS(=O)(=O)C5=CC=C[C@H]6C=CC[C@@H](C(=O)OC)[C@H]56)cc4)c4ccc(OS(=O)(=O)c5cccc6c5C=CC[C@@H]6C(=O)OC)cc4)cc3)cc2)C1. The number of carbonyl (C=O) groups excluding carboxylic acids is 3. The summed E-state index contributed by atoms with van der Waals surface area (Å²) in [5.41, 5.74) is 4.37. The molecule has 0 amide bonds. The second-order valence-corrected chi connectivity index (χ2v) is 25.9. The minimum atomic E-state index is -4.43. The quantitative estimate of drug-likeness (QED) is 0.0273. The number of hydrogen-bond donors (Lipinski definition) is 0. The predicted octanol–water partition coefficient (Wildman–Crippen LogP) is 11.1. The standard InChI is InChI=1S/C65H60O15S3/c1-64(2,45-27-33-49(34-28-45)78-81(69,70)57-19-9-14-42-40-43(61(66)75-4)22-39-52(42)57)44-23-25-46(26-24-44)65(3,47-29-35-50(36-30-47)79-82(71,72)58-20-11-15-53-54(58)16-10-17-55(53)62(67)76-5)48-31-37-51(38-32-48)80-83(73,74)59-21-8-13-41-12-7-18-56(60(41)59)63(68)77-6/h7-16,19-39,41,43,55-56,60H,17-18,40H2,1-6H3/t41-,43-,55+,56-,60-,65+/m1/s1. The van der Waals surface area contributed by atoms with E-state index in [9.17, 15) is 39.6 Å². The molecule has 428 valence electrons. The maximum Gasteiger partial charge on any atom is 0.339 e. The van der Waals surface area contributed by atoms with Gasteiger partial charge < -0.3 is 26.8 Å². The third-order valence-corrected chi connectivity index (χ3v) is 20.3. The normalized spacial score (nSPS) is 19.8. The largest absolute Gasteiger partial charge is 0.469 e. The van der Waals surface area contributed by atoms with Crippen LogP contribution in [0, 0.1) is 23.7 Å². The Morgan fingerprint density at radius 1 is 0.494 bits per heavy atom. The lowest BCUT2D eigenvalue weighted by molar-refractivity contribution is -0.147. The zero-order valence-corrected chi connectivity index (χ0v) is 48.7. The Balaban J connectivity index is 0.937. The molecule has 0 heterocycles. The number of hydrogen-bond acceptors (Lipinski definition) is 15. The predicted molar refractivity (Wildman–Crippen MR) is 312 cm³/mol.